The molecule has 0 aliphatic rings. The van der Waals surface area contributed by atoms with Crippen molar-refractivity contribution in [3.8, 4) is 0 Å². The van der Waals surface area contributed by atoms with E-state index in [4.69, 9.17) is 4.52 Å². The van der Waals surface area contributed by atoms with Gasteiger partial charge < -0.3 is 15.2 Å². The van der Waals surface area contributed by atoms with Crippen molar-refractivity contribution < 1.29 is 14.1 Å². The minimum atomic E-state index is -0.435. The zero-order chi connectivity index (χ0) is 12.0. The molecule has 1 aromatic heterocycles. The Morgan fingerprint density at radius 3 is 2.88 bits per heavy atom. The third kappa shape index (κ3) is 3.95. The normalized spacial score (nSPS) is 9.56. The molecule has 2 amide bonds. The van der Waals surface area contributed by atoms with E-state index in [1.165, 1.54) is 6.08 Å². The molecule has 0 unspecified atom stereocenters. The van der Waals surface area contributed by atoms with Crippen LogP contribution in [-0.2, 0) is 9.59 Å². The molecule has 6 nitrogen and oxygen atoms in total. The number of carbonyl (C=O) groups is 2. The van der Waals surface area contributed by atoms with Gasteiger partial charge in [-0.1, -0.05) is 11.2 Å². The Kier molecular flexibility index (Phi) is 4.26. The van der Waals surface area contributed by atoms with Crippen LogP contribution in [0.15, 0.2) is 23.2 Å². The topological polar surface area (TPSA) is 84.2 Å². The van der Waals surface area contributed by atoms with Gasteiger partial charge in [0.2, 0.25) is 11.8 Å². The van der Waals surface area contributed by atoms with Crippen LogP contribution in [0.3, 0.4) is 0 Å². The number of amides is 2. The molecule has 0 saturated carbocycles. The molecule has 1 heterocycles. The highest BCUT2D eigenvalue weighted by Crippen LogP contribution is 2.06. The first-order valence-corrected chi connectivity index (χ1v) is 4.72. The third-order valence-corrected chi connectivity index (χ3v) is 1.66. The predicted octanol–water partition coefficient (Wildman–Crippen LogP) is 0.614. The van der Waals surface area contributed by atoms with Gasteiger partial charge in [0.15, 0.2) is 5.82 Å². The lowest BCUT2D eigenvalue weighted by Crippen LogP contribution is -2.28. The van der Waals surface area contributed by atoms with Crippen molar-refractivity contribution >= 4 is 17.6 Å². The standard InChI is InChI=1S/C10H13N3O3/c1-3-4-11-9(14)6-10(15)12-8-5-7(2)16-13-8/h3,5H,1,4,6H2,2H3,(H,11,14)(H,12,13,15). The molecule has 0 aromatic carbocycles. The van der Waals surface area contributed by atoms with Crippen LogP contribution < -0.4 is 10.6 Å². The van der Waals surface area contributed by atoms with Gasteiger partial charge in [-0.25, -0.2) is 0 Å². The van der Waals surface area contributed by atoms with Crippen LogP contribution in [0.5, 0.6) is 0 Å². The summed E-state index contributed by atoms with van der Waals surface area (Å²) in [4.78, 5) is 22.5. The predicted molar refractivity (Wildman–Crippen MR) is 57.7 cm³/mol. The lowest BCUT2D eigenvalue weighted by molar-refractivity contribution is -0.126. The fourth-order valence-corrected chi connectivity index (χ4v) is 1.01. The van der Waals surface area contributed by atoms with Crippen LogP contribution in [0.4, 0.5) is 5.82 Å². The first-order valence-electron chi connectivity index (χ1n) is 4.72. The summed E-state index contributed by atoms with van der Waals surface area (Å²) < 4.78 is 4.76. The van der Waals surface area contributed by atoms with Gasteiger partial charge in [-0.2, -0.15) is 0 Å². The van der Waals surface area contributed by atoms with Crippen molar-refractivity contribution in [2.24, 2.45) is 0 Å². The second-order valence-electron chi connectivity index (χ2n) is 3.14. The molecule has 0 spiro atoms. The van der Waals surface area contributed by atoms with E-state index >= 15 is 0 Å². The second-order valence-corrected chi connectivity index (χ2v) is 3.14. The van der Waals surface area contributed by atoms with Crippen molar-refractivity contribution in [1.82, 2.24) is 10.5 Å². The van der Waals surface area contributed by atoms with E-state index in [9.17, 15) is 9.59 Å². The summed E-state index contributed by atoms with van der Waals surface area (Å²) in [5.41, 5.74) is 0. The van der Waals surface area contributed by atoms with E-state index in [1.807, 2.05) is 0 Å². The minimum absolute atomic E-state index is 0.250. The molecule has 0 saturated heterocycles. The van der Waals surface area contributed by atoms with Gasteiger partial charge >= 0.3 is 0 Å². The highest BCUT2D eigenvalue weighted by Gasteiger charge is 2.10. The van der Waals surface area contributed by atoms with Crippen LogP contribution in [0.1, 0.15) is 12.2 Å². The lowest BCUT2D eigenvalue weighted by Gasteiger charge is -2.01. The van der Waals surface area contributed by atoms with Crippen molar-refractivity contribution in [2.75, 3.05) is 11.9 Å². The average molecular weight is 223 g/mol. The number of carbonyl (C=O) groups excluding carboxylic acids is 2. The highest BCUT2D eigenvalue weighted by atomic mass is 16.5. The van der Waals surface area contributed by atoms with Crippen molar-refractivity contribution in [3.05, 3.63) is 24.5 Å². The summed E-state index contributed by atoms with van der Waals surface area (Å²) in [6.45, 7) is 5.49. The number of rotatable bonds is 5. The fourth-order valence-electron chi connectivity index (χ4n) is 1.01. The van der Waals surface area contributed by atoms with Crippen LogP contribution >= 0.6 is 0 Å². The van der Waals surface area contributed by atoms with Crippen molar-refractivity contribution in [2.45, 2.75) is 13.3 Å². The summed E-state index contributed by atoms with van der Waals surface area (Å²) in [5, 5.41) is 8.50. The molecule has 0 aliphatic heterocycles. The Morgan fingerprint density at radius 2 is 2.31 bits per heavy atom. The maximum Gasteiger partial charge on any atom is 0.235 e. The van der Waals surface area contributed by atoms with Crippen molar-refractivity contribution in [3.63, 3.8) is 0 Å². The zero-order valence-corrected chi connectivity index (χ0v) is 8.95. The van der Waals surface area contributed by atoms with Gasteiger partial charge in [-0.3, -0.25) is 9.59 Å². The summed E-state index contributed by atoms with van der Waals surface area (Å²) in [7, 11) is 0. The minimum Gasteiger partial charge on any atom is -0.360 e. The molecule has 0 radical (unpaired) electrons. The average Bonchev–Trinajstić information content (AvgIpc) is 2.60. The lowest BCUT2D eigenvalue weighted by atomic mass is 10.3. The Morgan fingerprint density at radius 1 is 1.56 bits per heavy atom. The molecule has 2 N–H and O–H groups in total. The zero-order valence-electron chi connectivity index (χ0n) is 8.95. The number of aryl methyl sites for hydroxylation is 1. The monoisotopic (exact) mass is 223 g/mol. The summed E-state index contributed by atoms with van der Waals surface area (Å²) in [6.07, 6.45) is 1.29. The second kappa shape index (κ2) is 5.69. The van der Waals surface area contributed by atoms with E-state index < -0.39 is 5.91 Å². The van der Waals surface area contributed by atoms with Crippen LogP contribution in [0.2, 0.25) is 0 Å². The first-order chi connectivity index (χ1) is 7.61. The third-order valence-electron chi connectivity index (χ3n) is 1.66. The highest BCUT2D eigenvalue weighted by molar-refractivity contribution is 6.03. The Bertz CT molecular complexity index is 398. The van der Waals surface area contributed by atoms with Gasteiger partial charge in [0, 0.05) is 12.6 Å². The quantitative estimate of drug-likeness (QED) is 0.566. The molecular formula is C10H13N3O3. The number of hydrogen-bond acceptors (Lipinski definition) is 4. The molecule has 1 aromatic rings. The Balaban J connectivity index is 2.36. The number of anilines is 1. The molecule has 16 heavy (non-hydrogen) atoms. The van der Waals surface area contributed by atoms with Crippen molar-refractivity contribution in [1.29, 1.82) is 0 Å². The van der Waals surface area contributed by atoms with E-state index in [-0.39, 0.29) is 12.3 Å². The molecule has 0 aliphatic carbocycles. The Hall–Kier alpha value is -2.11. The summed E-state index contributed by atoms with van der Waals surface area (Å²) in [6, 6.07) is 1.57. The molecule has 6 heteroatoms. The SMILES string of the molecule is C=CCNC(=O)CC(=O)Nc1cc(C)on1. The van der Waals surface area contributed by atoms with Gasteiger partial charge in [-0.15, -0.1) is 6.58 Å². The molecule has 86 valence electrons. The fraction of sp³-hybridized carbons (Fsp3) is 0.300. The first kappa shape index (κ1) is 12.0. The summed E-state index contributed by atoms with van der Waals surface area (Å²) in [5.74, 6) is 0.0953. The largest absolute Gasteiger partial charge is 0.360 e. The number of aromatic nitrogens is 1. The Labute approximate surface area is 92.7 Å². The van der Waals surface area contributed by atoms with E-state index in [0.29, 0.717) is 18.1 Å². The van der Waals surface area contributed by atoms with Gasteiger partial charge in [0.05, 0.1) is 0 Å². The number of nitrogens with one attached hydrogen (secondary N) is 2. The number of hydrogen-bond donors (Lipinski definition) is 2. The smallest absolute Gasteiger partial charge is 0.235 e. The molecule has 0 atom stereocenters. The van der Waals surface area contributed by atoms with Gasteiger partial charge in [0.25, 0.3) is 0 Å². The molecule has 1 rings (SSSR count). The molecule has 0 bridgehead atoms. The van der Waals surface area contributed by atoms with E-state index in [2.05, 4.69) is 22.4 Å². The number of nitrogens with zero attached hydrogens (tertiary/aromatic N) is 1. The molecule has 0 fully saturated rings. The van der Waals surface area contributed by atoms with Crippen LogP contribution in [0, 0.1) is 6.92 Å². The molecular weight excluding hydrogens is 210 g/mol. The van der Waals surface area contributed by atoms with Crippen LogP contribution in [0.25, 0.3) is 0 Å². The van der Waals surface area contributed by atoms with E-state index in [1.54, 1.807) is 13.0 Å². The van der Waals surface area contributed by atoms with Gasteiger partial charge in [0.1, 0.15) is 12.2 Å². The van der Waals surface area contributed by atoms with Gasteiger partial charge in [-0.05, 0) is 6.92 Å². The summed E-state index contributed by atoms with van der Waals surface area (Å²) >= 11 is 0. The van der Waals surface area contributed by atoms with E-state index in [0.717, 1.165) is 0 Å². The maximum absolute atomic E-state index is 11.3. The van der Waals surface area contributed by atoms with Crippen LogP contribution in [-0.4, -0.2) is 23.5 Å². The maximum atomic E-state index is 11.3.